The molecule has 18 heavy (non-hydrogen) atoms. The lowest BCUT2D eigenvalue weighted by Gasteiger charge is -2.13. The maximum Gasteiger partial charge on any atom is 0.389 e. The number of nitro groups is 1. The molecule has 1 N–H and O–H groups in total. The van der Waals surface area contributed by atoms with Crippen molar-refractivity contribution in [2.75, 3.05) is 7.11 Å². The van der Waals surface area contributed by atoms with Gasteiger partial charge in [0.25, 0.3) is 0 Å². The van der Waals surface area contributed by atoms with E-state index in [1.807, 2.05) is 0 Å². The van der Waals surface area contributed by atoms with Crippen LogP contribution < -0.4 is 5.32 Å². The Morgan fingerprint density at radius 3 is 2.78 bits per heavy atom. The molecule has 1 atom stereocenters. The molecule has 0 spiro atoms. The normalized spacial score (nSPS) is 11.7. The number of nitrogens with zero attached hydrogens (tertiary/aromatic N) is 3. The number of carbonyl (C=O) groups is 2. The molecule has 0 aliphatic heterocycles. The highest BCUT2D eigenvalue weighted by Crippen LogP contribution is 2.06. The molecule has 1 rings (SSSR count). The first-order chi connectivity index (χ1) is 8.43. The predicted molar refractivity (Wildman–Crippen MR) is 58.5 cm³/mol. The van der Waals surface area contributed by atoms with E-state index in [-0.39, 0.29) is 12.4 Å². The van der Waals surface area contributed by atoms with Crippen LogP contribution in [0, 0.1) is 10.1 Å². The highest BCUT2D eigenvalue weighted by molar-refractivity contribution is 5.83. The van der Waals surface area contributed by atoms with E-state index in [4.69, 9.17) is 0 Å². The third-order valence-electron chi connectivity index (χ3n) is 2.05. The van der Waals surface area contributed by atoms with E-state index < -0.39 is 22.8 Å². The van der Waals surface area contributed by atoms with Crippen molar-refractivity contribution in [2.45, 2.75) is 19.5 Å². The Hall–Kier alpha value is -2.45. The molecule has 0 saturated carbocycles. The third kappa shape index (κ3) is 3.54. The maximum absolute atomic E-state index is 11.4. The van der Waals surface area contributed by atoms with Crippen molar-refractivity contribution in [3.63, 3.8) is 0 Å². The second-order valence-corrected chi connectivity index (χ2v) is 3.43. The first-order valence-electron chi connectivity index (χ1n) is 4.97. The number of esters is 1. The van der Waals surface area contributed by atoms with Crippen LogP contribution >= 0.6 is 0 Å². The van der Waals surface area contributed by atoms with Gasteiger partial charge in [-0.2, -0.15) is 4.68 Å². The number of hydrogen-bond donors (Lipinski definition) is 1. The lowest BCUT2D eigenvalue weighted by Crippen LogP contribution is -2.43. The van der Waals surface area contributed by atoms with Gasteiger partial charge in [-0.1, -0.05) is 0 Å². The summed E-state index contributed by atoms with van der Waals surface area (Å²) in [5.74, 6) is -1.39. The summed E-state index contributed by atoms with van der Waals surface area (Å²) in [7, 11) is 1.18. The lowest BCUT2D eigenvalue weighted by atomic mass is 10.3. The summed E-state index contributed by atoms with van der Waals surface area (Å²) >= 11 is 0. The van der Waals surface area contributed by atoms with E-state index in [1.165, 1.54) is 31.0 Å². The molecule has 0 aliphatic carbocycles. The maximum atomic E-state index is 11.4. The molecule has 0 fully saturated rings. The van der Waals surface area contributed by atoms with Gasteiger partial charge >= 0.3 is 11.8 Å². The van der Waals surface area contributed by atoms with Crippen LogP contribution in [0.1, 0.15) is 6.92 Å². The first-order valence-corrected chi connectivity index (χ1v) is 4.97. The van der Waals surface area contributed by atoms with Gasteiger partial charge < -0.3 is 20.2 Å². The van der Waals surface area contributed by atoms with E-state index in [0.717, 1.165) is 0 Å². The highest BCUT2D eigenvalue weighted by Gasteiger charge is 2.23. The van der Waals surface area contributed by atoms with E-state index in [9.17, 15) is 19.7 Å². The Labute approximate surface area is 102 Å². The molecule has 1 aromatic rings. The van der Waals surface area contributed by atoms with Gasteiger partial charge in [0.15, 0.2) is 0 Å². The zero-order valence-electron chi connectivity index (χ0n) is 9.82. The van der Waals surface area contributed by atoms with Gasteiger partial charge in [0.2, 0.25) is 5.91 Å². The van der Waals surface area contributed by atoms with Crippen molar-refractivity contribution in [3.05, 3.63) is 22.4 Å². The van der Waals surface area contributed by atoms with Gasteiger partial charge in [0.05, 0.1) is 31.0 Å². The molecule has 0 bridgehead atoms. The quantitative estimate of drug-likeness (QED) is 0.430. The monoisotopic (exact) mass is 256 g/mol. The smallest absolute Gasteiger partial charge is 0.389 e. The number of nitrogens with one attached hydrogen (secondary N) is 1. The number of hydrogen-bond acceptors (Lipinski definition) is 6. The average Bonchev–Trinajstić information content (AvgIpc) is 2.75. The van der Waals surface area contributed by atoms with Gasteiger partial charge in [0, 0.05) is 6.92 Å². The van der Waals surface area contributed by atoms with Gasteiger partial charge in [-0.25, -0.2) is 4.79 Å². The average molecular weight is 256 g/mol. The van der Waals surface area contributed by atoms with Crippen LogP contribution in [0.25, 0.3) is 0 Å². The van der Waals surface area contributed by atoms with Crippen LogP contribution in [0.4, 0.5) is 5.82 Å². The Kier molecular flexibility index (Phi) is 4.35. The topological polar surface area (TPSA) is 116 Å². The van der Waals surface area contributed by atoms with Crippen LogP contribution in [0.2, 0.25) is 0 Å². The molecule has 0 saturated heterocycles. The fraction of sp³-hybridized carbons (Fsp3) is 0.444. The minimum atomic E-state index is -0.938. The summed E-state index contributed by atoms with van der Waals surface area (Å²) in [6.45, 7) is 1.21. The zero-order valence-corrected chi connectivity index (χ0v) is 9.82. The minimum absolute atomic E-state index is 0.0416. The van der Waals surface area contributed by atoms with Gasteiger partial charge in [-0.05, 0) is 4.92 Å². The summed E-state index contributed by atoms with van der Waals surface area (Å²) in [5.41, 5.74) is 0. The predicted octanol–water partition coefficient (Wildman–Crippen LogP) is -0.531. The number of methoxy groups -OCH3 is 1. The van der Waals surface area contributed by atoms with E-state index in [0.29, 0.717) is 0 Å². The van der Waals surface area contributed by atoms with Crippen LogP contribution in [0.15, 0.2) is 12.3 Å². The number of carbonyl (C=O) groups excluding carboxylic acids is 2. The van der Waals surface area contributed by atoms with E-state index >= 15 is 0 Å². The largest absolute Gasteiger partial charge is 0.467 e. The zero-order chi connectivity index (χ0) is 13.7. The van der Waals surface area contributed by atoms with Crippen LogP contribution in [-0.4, -0.2) is 39.7 Å². The molecular weight excluding hydrogens is 244 g/mol. The van der Waals surface area contributed by atoms with Gasteiger partial charge in [0.1, 0.15) is 6.04 Å². The fourth-order valence-electron chi connectivity index (χ4n) is 1.30. The molecular formula is C9H12N4O5. The Morgan fingerprint density at radius 2 is 2.33 bits per heavy atom. The molecule has 9 heteroatoms. The number of rotatable bonds is 5. The second kappa shape index (κ2) is 5.75. The van der Waals surface area contributed by atoms with Crippen molar-refractivity contribution in [2.24, 2.45) is 0 Å². The van der Waals surface area contributed by atoms with E-state index in [1.54, 1.807) is 0 Å². The third-order valence-corrected chi connectivity index (χ3v) is 2.05. The molecule has 0 aromatic carbocycles. The van der Waals surface area contributed by atoms with E-state index in [2.05, 4.69) is 15.2 Å². The standard InChI is InChI=1S/C9H12N4O5/c1-6(14)10-7(9(15)18-2)5-12-4-3-8(11-12)13(16)17/h3-4,7H,5H2,1-2H3,(H,10,14). The second-order valence-electron chi connectivity index (χ2n) is 3.43. The summed E-state index contributed by atoms with van der Waals surface area (Å²) in [6, 6.07) is 0.259. The molecule has 1 amide bonds. The van der Waals surface area contributed by atoms with Gasteiger partial charge in [-0.3, -0.25) is 4.79 Å². The fourth-order valence-corrected chi connectivity index (χ4v) is 1.30. The molecule has 0 radical (unpaired) electrons. The summed E-state index contributed by atoms with van der Waals surface area (Å²) in [5, 5.41) is 16.4. The lowest BCUT2D eigenvalue weighted by molar-refractivity contribution is -0.389. The molecule has 1 unspecified atom stereocenters. The molecule has 1 aromatic heterocycles. The Morgan fingerprint density at radius 1 is 1.67 bits per heavy atom. The van der Waals surface area contributed by atoms with Crippen molar-refractivity contribution in [1.29, 1.82) is 0 Å². The number of aromatic nitrogens is 2. The number of ether oxygens (including phenoxy) is 1. The Balaban J connectivity index is 2.78. The van der Waals surface area contributed by atoms with Crippen molar-refractivity contribution in [3.8, 4) is 0 Å². The van der Waals surface area contributed by atoms with Crippen molar-refractivity contribution in [1.82, 2.24) is 15.1 Å². The SMILES string of the molecule is COC(=O)C(Cn1ccc([N+](=O)[O-])n1)NC(C)=O. The van der Waals surface area contributed by atoms with Crippen LogP contribution in [0.3, 0.4) is 0 Å². The summed E-state index contributed by atoms with van der Waals surface area (Å²) < 4.78 is 5.70. The molecule has 98 valence electrons. The van der Waals surface area contributed by atoms with Crippen LogP contribution in [-0.2, 0) is 20.9 Å². The molecule has 1 heterocycles. The molecule has 0 aliphatic rings. The Bertz CT molecular complexity index is 469. The first kappa shape index (κ1) is 13.6. The minimum Gasteiger partial charge on any atom is -0.467 e. The summed E-state index contributed by atoms with van der Waals surface area (Å²) in [6.07, 6.45) is 1.34. The van der Waals surface area contributed by atoms with Crippen molar-refractivity contribution >= 4 is 17.7 Å². The summed E-state index contributed by atoms with van der Waals surface area (Å²) in [4.78, 5) is 32.1. The highest BCUT2D eigenvalue weighted by atomic mass is 16.6. The number of amides is 1. The molecule has 9 nitrogen and oxygen atoms in total. The van der Waals surface area contributed by atoms with Gasteiger partial charge in [-0.15, -0.1) is 0 Å². The van der Waals surface area contributed by atoms with Crippen LogP contribution in [0.5, 0.6) is 0 Å². The van der Waals surface area contributed by atoms with Crippen molar-refractivity contribution < 1.29 is 19.2 Å².